The Balaban J connectivity index is 0.929. The van der Waals surface area contributed by atoms with Gasteiger partial charge in [-0.15, -0.1) is 13.2 Å². The summed E-state index contributed by atoms with van der Waals surface area (Å²) in [7, 11) is 0. The summed E-state index contributed by atoms with van der Waals surface area (Å²) in [5.41, 5.74) is 3.99. The molecule has 0 saturated heterocycles. The topological polar surface area (TPSA) is 72.5 Å². The van der Waals surface area contributed by atoms with Gasteiger partial charge in [0.15, 0.2) is 11.5 Å². The first-order valence-corrected chi connectivity index (χ1v) is 20.5. The average molecular weight is 855 g/mol. The molecule has 0 aliphatic heterocycles. The molecule has 6 rings (SSSR count). The largest absolute Gasteiger partial charge is 0.573 e. The molecule has 0 amide bonds. The minimum Gasteiger partial charge on any atom is -0.494 e. The van der Waals surface area contributed by atoms with Crippen LogP contribution >= 0.6 is 0 Å². The van der Waals surface area contributed by atoms with Gasteiger partial charge in [-0.1, -0.05) is 48.5 Å². The number of hydrogen-bond acceptors (Lipinski definition) is 7. The highest BCUT2D eigenvalue weighted by atomic mass is 19.4. The summed E-state index contributed by atoms with van der Waals surface area (Å²) < 4.78 is 97.5. The van der Waals surface area contributed by atoms with E-state index in [2.05, 4.69) is 4.74 Å². The Labute approximate surface area is 357 Å². The number of carbonyl (C=O) groups excluding carboxylic acids is 1. The Morgan fingerprint density at radius 2 is 0.774 bits per heavy atom. The Morgan fingerprint density at radius 3 is 1.21 bits per heavy atom. The lowest BCUT2D eigenvalue weighted by Crippen LogP contribution is -2.17. The first kappa shape index (κ1) is 45.0. The molecule has 62 heavy (non-hydrogen) atoms. The first-order valence-electron chi connectivity index (χ1n) is 20.5. The second kappa shape index (κ2) is 22.9. The molecule has 324 valence electrons. The van der Waals surface area contributed by atoms with E-state index in [-0.39, 0.29) is 22.9 Å². The van der Waals surface area contributed by atoms with Gasteiger partial charge in [0.1, 0.15) is 34.6 Å². The molecule has 0 N–H and O–H groups in total. The van der Waals surface area contributed by atoms with Crippen LogP contribution in [-0.4, -0.2) is 38.8 Å². The molecule has 0 radical (unpaired) electrons. The van der Waals surface area contributed by atoms with Gasteiger partial charge in [-0.05, 0) is 165 Å². The van der Waals surface area contributed by atoms with Gasteiger partial charge in [-0.25, -0.2) is 13.6 Å². The van der Waals surface area contributed by atoms with Crippen LogP contribution in [0.4, 0.5) is 22.0 Å². The quantitative estimate of drug-likeness (QED) is 0.0275. The van der Waals surface area contributed by atoms with Crippen LogP contribution in [0.5, 0.6) is 34.5 Å². The van der Waals surface area contributed by atoms with Crippen molar-refractivity contribution < 1.29 is 55.2 Å². The van der Waals surface area contributed by atoms with Crippen LogP contribution in [0.3, 0.4) is 0 Å². The lowest BCUT2D eigenvalue weighted by Gasteiger charge is -2.15. The van der Waals surface area contributed by atoms with Gasteiger partial charge >= 0.3 is 12.3 Å². The number of unbranched alkanes of at least 4 members (excludes halogenated alkanes) is 6. The molecule has 0 spiro atoms. The second-order valence-electron chi connectivity index (χ2n) is 14.4. The van der Waals surface area contributed by atoms with Gasteiger partial charge in [0, 0.05) is 0 Å². The number of halogens is 5. The Hall–Kier alpha value is -6.56. The maximum Gasteiger partial charge on any atom is 0.573 e. The van der Waals surface area contributed by atoms with Crippen molar-refractivity contribution in [2.24, 2.45) is 0 Å². The zero-order valence-corrected chi connectivity index (χ0v) is 34.0. The minimum absolute atomic E-state index is 0.0449. The fraction of sp³-hybridized carbons (Fsp3) is 0.260. The molecular weight excluding hydrogens is 808 g/mol. The van der Waals surface area contributed by atoms with Crippen molar-refractivity contribution >= 4 is 5.97 Å². The van der Waals surface area contributed by atoms with E-state index < -0.39 is 18.1 Å². The number of alkyl halides is 3. The molecule has 0 heterocycles. The van der Waals surface area contributed by atoms with Crippen LogP contribution in [0.2, 0.25) is 0 Å². The van der Waals surface area contributed by atoms with E-state index in [1.807, 2.05) is 48.5 Å². The van der Waals surface area contributed by atoms with E-state index >= 15 is 0 Å². The summed E-state index contributed by atoms with van der Waals surface area (Å²) in [6.07, 6.45) is 2.02. The van der Waals surface area contributed by atoms with Crippen LogP contribution in [0.15, 0.2) is 140 Å². The molecule has 0 aliphatic carbocycles. The van der Waals surface area contributed by atoms with Crippen LogP contribution in [0.25, 0.3) is 22.3 Å². The van der Waals surface area contributed by atoms with Gasteiger partial charge in [0.2, 0.25) is 0 Å². The van der Waals surface area contributed by atoms with Crippen LogP contribution in [-0.2, 0) is 0 Å². The maximum absolute atomic E-state index is 13.3. The maximum atomic E-state index is 13.3. The van der Waals surface area contributed by atoms with Crippen molar-refractivity contribution in [3.05, 3.63) is 157 Å². The molecule has 0 bridgehead atoms. The third kappa shape index (κ3) is 14.9. The zero-order valence-electron chi connectivity index (χ0n) is 34.0. The molecule has 0 saturated carbocycles. The highest BCUT2D eigenvalue weighted by molar-refractivity contribution is 5.91. The summed E-state index contributed by atoms with van der Waals surface area (Å²) in [5, 5.41) is 0. The van der Waals surface area contributed by atoms with E-state index in [0.717, 1.165) is 97.3 Å². The van der Waals surface area contributed by atoms with Gasteiger partial charge in [0.05, 0.1) is 32.0 Å². The molecule has 6 aromatic carbocycles. The normalized spacial score (nSPS) is 11.2. The van der Waals surface area contributed by atoms with Crippen molar-refractivity contribution in [1.29, 1.82) is 0 Å². The van der Waals surface area contributed by atoms with Gasteiger partial charge < -0.3 is 28.4 Å². The predicted octanol–water partition coefficient (Wildman–Crippen LogP) is 13.5. The first-order chi connectivity index (χ1) is 30.1. The number of hydrogen-bond donors (Lipinski definition) is 0. The summed E-state index contributed by atoms with van der Waals surface area (Å²) in [6, 6.07) is 37.4. The molecule has 0 atom stereocenters. The third-order valence-corrected chi connectivity index (χ3v) is 9.64. The van der Waals surface area contributed by atoms with Crippen molar-refractivity contribution in [3.63, 3.8) is 0 Å². The van der Waals surface area contributed by atoms with Crippen LogP contribution in [0.1, 0.15) is 61.7 Å². The minimum atomic E-state index is -4.84. The molecule has 12 heteroatoms. The number of rotatable bonds is 23. The van der Waals surface area contributed by atoms with E-state index in [1.165, 1.54) is 42.5 Å². The standard InChI is InChI=1S/C50H47F5O7/c51-41-18-9-36(10-19-41)38-13-22-43(23-14-38)57-31-5-1-3-7-33-59-47-30-17-40(49(56)61-45-26-28-46(29-27-45)62-50(53,54)55)35-48(47)60-34-8-4-2-6-32-58-44-24-15-39(16-25-44)37-11-20-42(52)21-12-37/h9-30,35H,1-8,31-34H2. The van der Waals surface area contributed by atoms with Gasteiger partial charge in [-0.2, -0.15) is 0 Å². The number of esters is 1. The SMILES string of the molecule is O=C(Oc1ccc(OC(F)(F)F)cc1)c1ccc(OCCCCCCOc2ccc(-c3ccc(F)cc3)cc2)c(OCCCCCCOc2ccc(-c3ccc(F)cc3)cc2)c1. The second-order valence-corrected chi connectivity index (χ2v) is 14.4. The zero-order chi connectivity index (χ0) is 43.6. The van der Waals surface area contributed by atoms with E-state index in [9.17, 15) is 26.7 Å². The highest BCUT2D eigenvalue weighted by Crippen LogP contribution is 2.31. The average Bonchev–Trinajstić information content (AvgIpc) is 3.27. The molecular formula is C50H47F5O7. The fourth-order valence-corrected chi connectivity index (χ4v) is 6.37. The Bertz CT molecular complexity index is 2260. The number of ether oxygens (including phenoxy) is 6. The van der Waals surface area contributed by atoms with E-state index in [4.69, 9.17) is 23.7 Å². The van der Waals surface area contributed by atoms with Crippen LogP contribution in [0, 0.1) is 11.6 Å². The number of benzene rings is 6. The lowest BCUT2D eigenvalue weighted by molar-refractivity contribution is -0.274. The molecule has 7 nitrogen and oxygen atoms in total. The summed E-state index contributed by atoms with van der Waals surface area (Å²) in [5.74, 6) is 0.720. The number of carbonyl (C=O) groups is 1. The Kier molecular flexibility index (Phi) is 16.6. The summed E-state index contributed by atoms with van der Waals surface area (Å²) >= 11 is 0. The third-order valence-electron chi connectivity index (χ3n) is 9.64. The van der Waals surface area contributed by atoms with E-state index in [0.29, 0.717) is 37.9 Å². The molecule has 0 unspecified atom stereocenters. The molecule has 0 fully saturated rings. The summed E-state index contributed by atoms with van der Waals surface area (Å²) in [4.78, 5) is 13.0. The predicted molar refractivity (Wildman–Crippen MR) is 227 cm³/mol. The smallest absolute Gasteiger partial charge is 0.494 e. The van der Waals surface area contributed by atoms with E-state index in [1.54, 1.807) is 36.4 Å². The van der Waals surface area contributed by atoms with Gasteiger partial charge in [-0.3, -0.25) is 0 Å². The van der Waals surface area contributed by atoms with Gasteiger partial charge in [0.25, 0.3) is 0 Å². The van der Waals surface area contributed by atoms with Crippen molar-refractivity contribution in [1.82, 2.24) is 0 Å². The Morgan fingerprint density at radius 1 is 0.403 bits per heavy atom. The molecule has 0 aliphatic rings. The monoisotopic (exact) mass is 854 g/mol. The molecule has 6 aromatic rings. The summed E-state index contributed by atoms with van der Waals surface area (Å²) in [6.45, 7) is 1.92. The van der Waals surface area contributed by atoms with Crippen LogP contribution < -0.4 is 28.4 Å². The highest BCUT2D eigenvalue weighted by Gasteiger charge is 2.31. The van der Waals surface area contributed by atoms with Crippen molar-refractivity contribution in [2.45, 2.75) is 57.7 Å². The van der Waals surface area contributed by atoms with Crippen molar-refractivity contribution in [3.8, 4) is 56.8 Å². The van der Waals surface area contributed by atoms with Crippen molar-refractivity contribution in [2.75, 3.05) is 26.4 Å². The lowest BCUT2D eigenvalue weighted by atomic mass is 10.1. The molecule has 0 aromatic heterocycles. The fourth-order valence-electron chi connectivity index (χ4n) is 6.37.